The number of hydrogen-bond acceptors (Lipinski definition) is 1. The Morgan fingerprint density at radius 2 is 1.88 bits per heavy atom. The molecule has 0 saturated heterocycles. The summed E-state index contributed by atoms with van der Waals surface area (Å²) in [6.07, 6.45) is -0.436. The normalized spacial score (nSPS) is 37.7. The van der Waals surface area contributed by atoms with Crippen LogP contribution in [0.25, 0.3) is 0 Å². The lowest BCUT2D eigenvalue weighted by Gasteiger charge is -2.31. The van der Waals surface area contributed by atoms with Crippen molar-refractivity contribution in [1.82, 2.24) is 0 Å². The van der Waals surface area contributed by atoms with Crippen LogP contribution in [0.3, 0.4) is 0 Å². The van der Waals surface area contributed by atoms with Crippen molar-refractivity contribution in [2.45, 2.75) is 57.2 Å². The van der Waals surface area contributed by atoms with E-state index in [9.17, 15) is 18.3 Å². The number of rotatable bonds is 3. The van der Waals surface area contributed by atoms with E-state index >= 15 is 0 Å². The van der Waals surface area contributed by atoms with Gasteiger partial charge in [-0.15, -0.1) is 0 Å². The molecular weight excluding hydrogens is 217 g/mol. The minimum absolute atomic E-state index is 0.313. The van der Waals surface area contributed by atoms with E-state index in [-0.39, 0.29) is 0 Å². The lowest BCUT2D eigenvalue weighted by Crippen LogP contribution is -2.34. The van der Waals surface area contributed by atoms with Gasteiger partial charge in [-0.05, 0) is 50.4 Å². The van der Waals surface area contributed by atoms with Crippen LogP contribution >= 0.6 is 0 Å². The minimum Gasteiger partial charge on any atom is -0.390 e. The van der Waals surface area contributed by atoms with E-state index in [1.54, 1.807) is 0 Å². The molecule has 2 bridgehead atoms. The Hall–Kier alpha value is -0.250. The first-order valence-electron chi connectivity index (χ1n) is 6.04. The number of halogens is 3. The molecule has 0 aliphatic heterocycles. The fourth-order valence-corrected chi connectivity index (χ4v) is 3.70. The van der Waals surface area contributed by atoms with Crippen molar-refractivity contribution in [2.24, 2.45) is 17.8 Å². The summed E-state index contributed by atoms with van der Waals surface area (Å²) in [6.45, 7) is 1.33. The molecule has 94 valence electrons. The summed E-state index contributed by atoms with van der Waals surface area (Å²) < 4.78 is 36.8. The molecule has 1 nitrogen and oxygen atoms in total. The van der Waals surface area contributed by atoms with Gasteiger partial charge in [0, 0.05) is 0 Å². The van der Waals surface area contributed by atoms with Crippen molar-refractivity contribution in [3.63, 3.8) is 0 Å². The van der Waals surface area contributed by atoms with Gasteiger partial charge in [0.25, 0.3) is 0 Å². The molecule has 4 heteroatoms. The maximum atomic E-state index is 12.3. The first-order valence-corrected chi connectivity index (χ1v) is 6.04. The summed E-state index contributed by atoms with van der Waals surface area (Å²) in [7, 11) is 0. The highest BCUT2D eigenvalue weighted by Gasteiger charge is 2.45. The van der Waals surface area contributed by atoms with Crippen LogP contribution in [0.1, 0.15) is 45.4 Å². The van der Waals surface area contributed by atoms with Crippen LogP contribution in [0.2, 0.25) is 0 Å². The first-order chi connectivity index (χ1) is 7.25. The summed E-state index contributed by atoms with van der Waals surface area (Å²) in [5, 5.41) is 9.82. The Morgan fingerprint density at radius 3 is 2.31 bits per heavy atom. The molecule has 0 heterocycles. The Morgan fingerprint density at radius 1 is 1.19 bits per heavy atom. The van der Waals surface area contributed by atoms with Gasteiger partial charge in [0.15, 0.2) is 0 Å². The van der Waals surface area contributed by atoms with Gasteiger partial charge in [-0.1, -0.05) is 6.42 Å². The van der Waals surface area contributed by atoms with Gasteiger partial charge in [0.1, 0.15) is 0 Å². The largest absolute Gasteiger partial charge is 0.391 e. The second kappa shape index (κ2) is 3.90. The van der Waals surface area contributed by atoms with Crippen LogP contribution in [0.4, 0.5) is 13.2 Å². The zero-order chi connectivity index (χ0) is 12.0. The molecule has 2 aliphatic rings. The van der Waals surface area contributed by atoms with E-state index in [2.05, 4.69) is 0 Å². The number of aliphatic hydroxyl groups is 1. The SMILES string of the molecule is CC(O)(CC1CC2CCC1C2)CC(F)(F)F. The third kappa shape index (κ3) is 2.90. The highest BCUT2D eigenvalue weighted by atomic mass is 19.4. The molecule has 2 rings (SSSR count). The van der Waals surface area contributed by atoms with Crippen molar-refractivity contribution in [3.05, 3.63) is 0 Å². The van der Waals surface area contributed by atoms with Crippen molar-refractivity contribution in [1.29, 1.82) is 0 Å². The zero-order valence-corrected chi connectivity index (χ0v) is 9.56. The molecule has 16 heavy (non-hydrogen) atoms. The van der Waals surface area contributed by atoms with Crippen LogP contribution in [-0.4, -0.2) is 16.9 Å². The number of hydrogen-bond donors (Lipinski definition) is 1. The molecule has 0 aromatic rings. The van der Waals surface area contributed by atoms with Gasteiger partial charge in [0.05, 0.1) is 12.0 Å². The van der Waals surface area contributed by atoms with Crippen molar-refractivity contribution in [2.75, 3.05) is 0 Å². The zero-order valence-electron chi connectivity index (χ0n) is 9.56. The fraction of sp³-hybridized carbons (Fsp3) is 1.00. The standard InChI is InChI=1S/C12H19F3O/c1-11(16,7-12(13,14)15)6-10-5-8-2-3-9(10)4-8/h8-10,16H,2-7H2,1H3. The smallest absolute Gasteiger partial charge is 0.390 e. The Kier molecular flexibility index (Phi) is 2.97. The third-order valence-electron chi connectivity index (χ3n) is 4.17. The van der Waals surface area contributed by atoms with E-state index in [0.717, 1.165) is 18.8 Å². The van der Waals surface area contributed by atoms with Gasteiger partial charge in [-0.2, -0.15) is 13.2 Å². The van der Waals surface area contributed by atoms with Crippen LogP contribution in [0, 0.1) is 17.8 Å². The molecule has 0 spiro atoms. The van der Waals surface area contributed by atoms with E-state index in [0.29, 0.717) is 18.3 Å². The molecule has 0 radical (unpaired) electrons. The predicted molar refractivity (Wildman–Crippen MR) is 54.9 cm³/mol. The molecule has 0 aromatic heterocycles. The van der Waals surface area contributed by atoms with Crippen molar-refractivity contribution < 1.29 is 18.3 Å². The Balaban J connectivity index is 1.89. The molecule has 0 aromatic carbocycles. The fourth-order valence-electron chi connectivity index (χ4n) is 3.70. The summed E-state index contributed by atoms with van der Waals surface area (Å²) in [5.74, 6) is 1.61. The van der Waals surface area contributed by atoms with Gasteiger partial charge >= 0.3 is 6.18 Å². The van der Waals surface area contributed by atoms with Crippen LogP contribution in [-0.2, 0) is 0 Å². The van der Waals surface area contributed by atoms with Crippen LogP contribution in [0.5, 0.6) is 0 Å². The first kappa shape index (κ1) is 12.2. The van der Waals surface area contributed by atoms with Gasteiger partial charge in [-0.3, -0.25) is 0 Å². The van der Waals surface area contributed by atoms with Gasteiger partial charge in [-0.25, -0.2) is 0 Å². The van der Waals surface area contributed by atoms with E-state index in [1.807, 2.05) is 0 Å². The quantitative estimate of drug-likeness (QED) is 0.795. The second-order valence-electron chi connectivity index (χ2n) is 5.93. The number of alkyl halides is 3. The monoisotopic (exact) mass is 236 g/mol. The molecule has 4 unspecified atom stereocenters. The molecule has 1 N–H and O–H groups in total. The molecule has 0 amide bonds. The summed E-state index contributed by atoms with van der Waals surface area (Å²) in [4.78, 5) is 0. The summed E-state index contributed by atoms with van der Waals surface area (Å²) >= 11 is 0. The second-order valence-corrected chi connectivity index (χ2v) is 5.93. The van der Waals surface area contributed by atoms with E-state index in [4.69, 9.17) is 0 Å². The molecule has 2 saturated carbocycles. The Bertz CT molecular complexity index is 259. The maximum absolute atomic E-state index is 12.3. The highest BCUT2D eigenvalue weighted by molar-refractivity contribution is 4.93. The Labute approximate surface area is 94.0 Å². The lowest BCUT2D eigenvalue weighted by atomic mass is 9.80. The minimum atomic E-state index is -4.26. The van der Waals surface area contributed by atoms with Gasteiger partial charge < -0.3 is 5.11 Å². The van der Waals surface area contributed by atoms with Crippen molar-refractivity contribution in [3.8, 4) is 0 Å². The molecular formula is C12H19F3O. The summed E-state index contributed by atoms with van der Waals surface area (Å²) in [6, 6.07) is 0. The van der Waals surface area contributed by atoms with Crippen molar-refractivity contribution >= 4 is 0 Å². The van der Waals surface area contributed by atoms with Crippen LogP contribution in [0.15, 0.2) is 0 Å². The van der Waals surface area contributed by atoms with Gasteiger partial charge in [0.2, 0.25) is 0 Å². The third-order valence-corrected chi connectivity index (χ3v) is 4.17. The summed E-state index contributed by atoms with van der Waals surface area (Å²) in [5.41, 5.74) is -1.58. The highest BCUT2D eigenvalue weighted by Crippen LogP contribution is 2.51. The average Bonchev–Trinajstić information content (AvgIpc) is 2.57. The molecule has 2 aliphatic carbocycles. The van der Waals surface area contributed by atoms with Crippen LogP contribution < -0.4 is 0 Å². The lowest BCUT2D eigenvalue weighted by molar-refractivity contribution is -0.176. The predicted octanol–water partition coefficient (Wildman–Crippen LogP) is 3.52. The van der Waals surface area contributed by atoms with E-state index in [1.165, 1.54) is 19.8 Å². The number of fused-ring (bicyclic) bond motifs is 2. The van der Waals surface area contributed by atoms with E-state index < -0.39 is 18.2 Å². The average molecular weight is 236 g/mol. The molecule has 4 atom stereocenters. The maximum Gasteiger partial charge on any atom is 0.391 e. The topological polar surface area (TPSA) is 20.2 Å². The molecule has 2 fully saturated rings.